The SMILES string of the molecule is C.C.CC[NH+]=C(N)NC(N)=[NH+]CC. The van der Waals surface area contributed by atoms with E-state index >= 15 is 0 Å². The van der Waals surface area contributed by atoms with Gasteiger partial charge in [0, 0.05) is 0 Å². The molecule has 0 saturated carbocycles. The molecule has 5 nitrogen and oxygen atoms in total. The molecule has 7 N–H and O–H groups in total. The highest BCUT2D eigenvalue weighted by molar-refractivity contribution is 5.91. The van der Waals surface area contributed by atoms with Gasteiger partial charge in [-0.15, -0.1) is 0 Å². The van der Waals surface area contributed by atoms with Gasteiger partial charge in [-0.25, -0.2) is 0 Å². The molecule has 0 bridgehead atoms. The fourth-order valence-corrected chi connectivity index (χ4v) is 0.614. The van der Waals surface area contributed by atoms with Crippen LogP contribution in [0.4, 0.5) is 0 Å². The number of rotatable bonds is 2. The Kier molecular flexibility index (Phi) is 14.6. The summed E-state index contributed by atoms with van der Waals surface area (Å²) in [7, 11) is 0. The molecule has 0 atom stereocenters. The van der Waals surface area contributed by atoms with E-state index in [0.29, 0.717) is 11.9 Å². The van der Waals surface area contributed by atoms with Gasteiger partial charge in [-0.3, -0.25) is 21.5 Å². The zero-order valence-electron chi connectivity index (χ0n) is 7.07. The molecule has 0 radical (unpaired) electrons. The second-order valence-electron chi connectivity index (χ2n) is 2.01. The van der Waals surface area contributed by atoms with Gasteiger partial charge in [-0.1, -0.05) is 14.9 Å². The molecule has 5 heteroatoms. The van der Waals surface area contributed by atoms with E-state index < -0.39 is 0 Å². The standard InChI is InChI=1S/C6H15N5.2CH4/c1-3-9-5(7)11-6(8)10-4-2;;/h3-4H2,1-2H3,(H5,7,8,9,10,11);2*1H4/p+2. The molecule has 0 spiro atoms. The van der Waals surface area contributed by atoms with Crippen molar-refractivity contribution in [1.29, 1.82) is 0 Å². The molecule has 80 valence electrons. The normalized spacial score (nSPS) is 11.2. The number of hydrogen-bond acceptors (Lipinski definition) is 0. The highest BCUT2D eigenvalue weighted by atomic mass is 15.2. The molecule has 0 aromatic heterocycles. The molecule has 13 heavy (non-hydrogen) atoms. The van der Waals surface area contributed by atoms with Crippen LogP contribution in [0.2, 0.25) is 0 Å². The minimum Gasteiger partial charge on any atom is -0.290 e. The van der Waals surface area contributed by atoms with E-state index in [0.717, 1.165) is 13.1 Å². The van der Waals surface area contributed by atoms with Crippen molar-refractivity contribution in [2.24, 2.45) is 11.5 Å². The third-order valence-corrected chi connectivity index (χ3v) is 1.00. The van der Waals surface area contributed by atoms with Gasteiger partial charge < -0.3 is 0 Å². The van der Waals surface area contributed by atoms with Crippen molar-refractivity contribution in [3.8, 4) is 0 Å². The number of nitrogens with one attached hydrogen (secondary N) is 3. The first kappa shape index (κ1) is 17.7. The van der Waals surface area contributed by atoms with E-state index in [4.69, 9.17) is 11.5 Å². The van der Waals surface area contributed by atoms with E-state index in [-0.39, 0.29) is 14.9 Å². The summed E-state index contributed by atoms with van der Waals surface area (Å²) in [5.41, 5.74) is 10.9. The van der Waals surface area contributed by atoms with Gasteiger partial charge in [-0.2, -0.15) is 5.32 Å². The van der Waals surface area contributed by atoms with Crippen molar-refractivity contribution in [3.63, 3.8) is 0 Å². The quantitative estimate of drug-likeness (QED) is 0.234. The van der Waals surface area contributed by atoms with Gasteiger partial charge in [0.25, 0.3) is 0 Å². The summed E-state index contributed by atoms with van der Waals surface area (Å²) in [6.07, 6.45) is 0. The monoisotopic (exact) mass is 191 g/mol. The summed E-state index contributed by atoms with van der Waals surface area (Å²) in [6, 6.07) is 0. The highest BCUT2D eigenvalue weighted by Crippen LogP contribution is 1.37. The number of hydrogen-bond donors (Lipinski definition) is 5. The predicted octanol–water partition coefficient (Wildman–Crippen LogP) is -3.32. The van der Waals surface area contributed by atoms with Gasteiger partial charge in [0.1, 0.15) is 0 Å². The number of guanidine groups is 2. The van der Waals surface area contributed by atoms with Gasteiger partial charge in [0.15, 0.2) is 0 Å². The first-order valence-corrected chi connectivity index (χ1v) is 3.70. The van der Waals surface area contributed by atoms with Crippen molar-refractivity contribution in [1.82, 2.24) is 5.32 Å². The molecule has 0 heterocycles. The number of nitrogens with two attached hydrogens (primary N) is 2. The maximum atomic E-state index is 5.47. The highest BCUT2D eigenvalue weighted by Gasteiger charge is 2.01. The Labute approximate surface area is 81.3 Å². The molecule has 0 aliphatic heterocycles. The van der Waals surface area contributed by atoms with Crippen LogP contribution in [0.1, 0.15) is 28.7 Å². The second kappa shape index (κ2) is 10.7. The van der Waals surface area contributed by atoms with Crippen LogP contribution in [0.25, 0.3) is 0 Å². The van der Waals surface area contributed by atoms with Crippen molar-refractivity contribution in [3.05, 3.63) is 0 Å². The lowest BCUT2D eigenvalue weighted by atomic mass is 10.7. The average molecular weight is 191 g/mol. The minimum absolute atomic E-state index is 0. The van der Waals surface area contributed by atoms with Gasteiger partial charge in [0.05, 0.1) is 13.1 Å². The van der Waals surface area contributed by atoms with Crippen LogP contribution in [0.15, 0.2) is 0 Å². The topological polar surface area (TPSA) is 92.0 Å². The third kappa shape index (κ3) is 10.7. The Morgan fingerprint density at radius 3 is 1.54 bits per heavy atom. The van der Waals surface area contributed by atoms with Crippen LogP contribution < -0.4 is 26.8 Å². The Hall–Kier alpha value is -1.26. The lowest BCUT2D eigenvalue weighted by molar-refractivity contribution is -0.462. The minimum atomic E-state index is 0. The Balaban J connectivity index is -0.000000500. The molecule has 0 aliphatic carbocycles. The van der Waals surface area contributed by atoms with E-state index in [1.807, 2.05) is 13.8 Å². The molecule has 0 aliphatic rings. The summed E-state index contributed by atoms with van der Waals surface area (Å²) >= 11 is 0. The smallest absolute Gasteiger partial charge is 0.290 e. The van der Waals surface area contributed by atoms with E-state index in [2.05, 4.69) is 15.3 Å². The fourth-order valence-electron chi connectivity index (χ4n) is 0.614. The van der Waals surface area contributed by atoms with E-state index in [9.17, 15) is 0 Å². The summed E-state index contributed by atoms with van der Waals surface area (Å²) in [5, 5.41) is 2.75. The molecular weight excluding hydrogens is 166 g/mol. The van der Waals surface area contributed by atoms with Crippen LogP contribution in [-0.4, -0.2) is 25.0 Å². The Morgan fingerprint density at radius 2 is 1.31 bits per heavy atom. The van der Waals surface area contributed by atoms with Crippen molar-refractivity contribution in [2.45, 2.75) is 28.7 Å². The second-order valence-corrected chi connectivity index (χ2v) is 2.01. The third-order valence-electron chi connectivity index (χ3n) is 1.00. The molecule has 0 rings (SSSR count). The molecule has 0 amide bonds. The van der Waals surface area contributed by atoms with Gasteiger partial charge in [0.2, 0.25) is 0 Å². The molecule has 0 unspecified atom stereocenters. The van der Waals surface area contributed by atoms with E-state index in [1.54, 1.807) is 0 Å². The van der Waals surface area contributed by atoms with Crippen LogP contribution in [0.3, 0.4) is 0 Å². The maximum Gasteiger partial charge on any atom is 0.350 e. The Morgan fingerprint density at radius 1 is 1.00 bits per heavy atom. The van der Waals surface area contributed by atoms with Crippen LogP contribution in [-0.2, 0) is 0 Å². The molecular formula is C8H25N5+2. The first-order chi connectivity index (χ1) is 5.20. The first-order valence-electron chi connectivity index (χ1n) is 3.70. The summed E-state index contributed by atoms with van der Waals surface area (Å²) in [4.78, 5) is 5.75. The zero-order chi connectivity index (χ0) is 8.69. The van der Waals surface area contributed by atoms with Crippen LogP contribution in [0, 0.1) is 0 Å². The summed E-state index contributed by atoms with van der Waals surface area (Å²) < 4.78 is 0. The Bertz CT molecular complexity index is 144. The molecule has 0 saturated heterocycles. The largest absolute Gasteiger partial charge is 0.350 e. The van der Waals surface area contributed by atoms with Gasteiger partial charge in [-0.05, 0) is 13.8 Å². The molecule has 0 aromatic carbocycles. The molecule has 0 fully saturated rings. The van der Waals surface area contributed by atoms with Crippen LogP contribution >= 0.6 is 0 Å². The van der Waals surface area contributed by atoms with E-state index in [1.165, 1.54) is 0 Å². The fraction of sp³-hybridized carbons (Fsp3) is 0.750. The lowest BCUT2D eigenvalue weighted by Crippen LogP contribution is -2.84. The van der Waals surface area contributed by atoms with Crippen molar-refractivity contribution >= 4 is 11.9 Å². The van der Waals surface area contributed by atoms with Crippen LogP contribution in [0.5, 0.6) is 0 Å². The summed E-state index contributed by atoms with van der Waals surface area (Å²) in [6.45, 7) is 5.46. The zero-order valence-corrected chi connectivity index (χ0v) is 7.07. The van der Waals surface area contributed by atoms with Crippen molar-refractivity contribution in [2.75, 3.05) is 13.1 Å². The lowest BCUT2D eigenvalue weighted by Gasteiger charge is -1.93. The maximum absolute atomic E-state index is 5.47. The van der Waals surface area contributed by atoms with Crippen molar-refractivity contribution < 1.29 is 9.98 Å². The molecule has 0 aromatic rings. The predicted molar refractivity (Wildman–Crippen MR) is 58.0 cm³/mol. The van der Waals surface area contributed by atoms with Gasteiger partial charge >= 0.3 is 11.9 Å². The summed E-state index contributed by atoms with van der Waals surface area (Å²) in [5.74, 6) is 0.928. The average Bonchev–Trinajstić information content (AvgIpc) is 1.87.